The van der Waals surface area contributed by atoms with Crippen molar-refractivity contribution in [2.75, 3.05) is 57.8 Å². The van der Waals surface area contributed by atoms with E-state index in [4.69, 9.17) is 0 Å². The maximum atomic E-state index is 13.9. The van der Waals surface area contributed by atoms with Gasteiger partial charge in [-0.05, 0) is 18.6 Å². The third kappa shape index (κ3) is 6.10. The van der Waals surface area contributed by atoms with E-state index in [9.17, 15) is 17.6 Å². The summed E-state index contributed by atoms with van der Waals surface area (Å²) in [4.78, 5) is 9.78. The highest BCUT2D eigenvalue weighted by Gasteiger charge is 2.35. The van der Waals surface area contributed by atoms with Gasteiger partial charge < -0.3 is 15.1 Å². The maximum Gasteiger partial charge on any atom is 0.401 e. The minimum atomic E-state index is -4.17. The molecule has 28 heavy (non-hydrogen) atoms. The lowest BCUT2D eigenvalue weighted by atomic mass is 10.2. The molecule has 1 N–H and O–H groups in total. The van der Waals surface area contributed by atoms with E-state index in [-0.39, 0.29) is 35.8 Å². The van der Waals surface area contributed by atoms with E-state index in [0.29, 0.717) is 57.3 Å². The first-order valence-electron chi connectivity index (χ1n) is 9.12. The number of nitrogens with one attached hydrogen (secondary N) is 1. The second-order valence-corrected chi connectivity index (χ2v) is 6.95. The largest absolute Gasteiger partial charge is 0.401 e. The molecule has 2 aliphatic rings. The Hall–Kier alpha value is -1.30. The predicted octanol–water partition coefficient (Wildman–Crippen LogP) is 2.78. The molecule has 0 spiro atoms. The SMILES string of the molecule is CN=C(NC1CCN(CC(F)(F)F)C1)N1CCN(c2ccccc2F)CC1.I. The molecule has 2 heterocycles. The monoisotopic (exact) mass is 515 g/mol. The molecule has 0 amide bonds. The number of anilines is 1. The minimum Gasteiger partial charge on any atom is -0.366 e. The van der Waals surface area contributed by atoms with Gasteiger partial charge in [0.1, 0.15) is 5.82 Å². The van der Waals surface area contributed by atoms with Gasteiger partial charge in [-0.2, -0.15) is 13.2 Å². The van der Waals surface area contributed by atoms with E-state index in [1.165, 1.54) is 11.0 Å². The third-order valence-corrected chi connectivity index (χ3v) is 4.99. The summed E-state index contributed by atoms with van der Waals surface area (Å²) in [5.41, 5.74) is 0.596. The maximum absolute atomic E-state index is 13.9. The van der Waals surface area contributed by atoms with Crippen molar-refractivity contribution in [2.45, 2.75) is 18.6 Å². The Morgan fingerprint density at radius 3 is 2.43 bits per heavy atom. The fourth-order valence-electron chi connectivity index (χ4n) is 3.69. The molecule has 1 unspecified atom stereocenters. The van der Waals surface area contributed by atoms with Gasteiger partial charge in [-0.25, -0.2) is 4.39 Å². The van der Waals surface area contributed by atoms with Crippen LogP contribution in [0.2, 0.25) is 0 Å². The molecule has 1 aromatic rings. The van der Waals surface area contributed by atoms with Gasteiger partial charge in [0.25, 0.3) is 0 Å². The number of piperazine rings is 1. The van der Waals surface area contributed by atoms with Crippen molar-refractivity contribution < 1.29 is 17.6 Å². The second-order valence-electron chi connectivity index (χ2n) is 6.95. The molecular weight excluding hydrogens is 489 g/mol. The Balaban J connectivity index is 0.00000280. The van der Waals surface area contributed by atoms with Gasteiger partial charge in [0.2, 0.25) is 0 Å². The quantitative estimate of drug-likeness (QED) is 0.291. The summed E-state index contributed by atoms with van der Waals surface area (Å²) >= 11 is 0. The van der Waals surface area contributed by atoms with Crippen LogP contribution in [-0.2, 0) is 0 Å². The van der Waals surface area contributed by atoms with Crippen molar-refractivity contribution >= 4 is 35.6 Å². The molecule has 1 atom stereocenters. The minimum absolute atomic E-state index is 0. The average molecular weight is 515 g/mol. The molecule has 5 nitrogen and oxygen atoms in total. The second kappa shape index (κ2) is 9.95. The number of halogens is 5. The molecule has 3 rings (SSSR count). The zero-order chi connectivity index (χ0) is 19.4. The molecule has 0 bridgehead atoms. The molecular formula is C18H26F4IN5. The number of aliphatic imine (C=N–C) groups is 1. The molecule has 2 fully saturated rings. The third-order valence-electron chi connectivity index (χ3n) is 4.99. The fraction of sp³-hybridized carbons (Fsp3) is 0.611. The van der Waals surface area contributed by atoms with E-state index in [2.05, 4.69) is 15.2 Å². The highest BCUT2D eigenvalue weighted by Crippen LogP contribution is 2.21. The van der Waals surface area contributed by atoms with Crippen LogP contribution < -0.4 is 10.2 Å². The fourth-order valence-corrected chi connectivity index (χ4v) is 3.69. The van der Waals surface area contributed by atoms with E-state index in [1.54, 1.807) is 19.2 Å². The molecule has 2 saturated heterocycles. The van der Waals surface area contributed by atoms with E-state index >= 15 is 0 Å². The Kier molecular flexibility index (Phi) is 8.17. The highest BCUT2D eigenvalue weighted by molar-refractivity contribution is 14.0. The van der Waals surface area contributed by atoms with Gasteiger partial charge in [-0.15, -0.1) is 24.0 Å². The number of nitrogens with zero attached hydrogens (tertiary/aromatic N) is 4. The van der Waals surface area contributed by atoms with Crippen LogP contribution in [-0.4, -0.2) is 80.8 Å². The van der Waals surface area contributed by atoms with Gasteiger partial charge in [0, 0.05) is 52.4 Å². The van der Waals surface area contributed by atoms with Crippen molar-refractivity contribution in [3.8, 4) is 0 Å². The number of hydrogen-bond acceptors (Lipinski definition) is 3. The van der Waals surface area contributed by atoms with Crippen LogP contribution in [0.3, 0.4) is 0 Å². The zero-order valence-electron chi connectivity index (χ0n) is 15.8. The van der Waals surface area contributed by atoms with Gasteiger partial charge in [-0.3, -0.25) is 9.89 Å². The van der Waals surface area contributed by atoms with Crippen LogP contribution in [0.25, 0.3) is 0 Å². The van der Waals surface area contributed by atoms with Gasteiger partial charge in [0.05, 0.1) is 12.2 Å². The van der Waals surface area contributed by atoms with Gasteiger partial charge in [0.15, 0.2) is 5.96 Å². The van der Waals surface area contributed by atoms with Crippen molar-refractivity contribution in [1.29, 1.82) is 0 Å². The molecule has 2 aliphatic heterocycles. The first-order chi connectivity index (χ1) is 12.9. The van der Waals surface area contributed by atoms with Crippen LogP contribution in [0.15, 0.2) is 29.3 Å². The smallest absolute Gasteiger partial charge is 0.366 e. The standard InChI is InChI=1S/C18H25F4N5.HI/c1-23-17(24-14-6-7-25(12-14)13-18(20,21)22)27-10-8-26(9-11-27)16-5-3-2-4-15(16)19;/h2-5,14H,6-13H2,1H3,(H,23,24);1H. The van der Waals surface area contributed by atoms with E-state index in [0.717, 1.165) is 0 Å². The predicted molar refractivity (Wildman–Crippen MR) is 113 cm³/mol. The lowest BCUT2D eigenvalue weighted by Crippen LogP contribution is -2.54. The summed E-state index contributed by atoms with van der Waals surface area (Å²) in [6, 6.07) is 6.67. The summed E-state index contributed by atoms with van der Waals surface area (Å²) < 4.78 is 51.5. The Bertz CT molecular complexity index is 662. The topological polar surface area (TPSA) is 34.1 Å². The number of alkyl halides is 3. The van der Waals surface area contributed by atoms with Crippen molar-refractivity contribution in [2.24, 2.45) is 4.99 Å². The number of para-hydroxylation sites is 1. The molecule has 158 valence electrons. The van der Waals surface area contributed by atoms with Crippen LogP contribution in [0, 0.1) is 5.82 Å². The molecule has 0 radical (unpaired) electrons. The molecule has 1 aromatic carbocycles. The number of rotatable bonds is 3. The normalized spacial score (nSPS) is 21.6. The van der Waals surface area contributed by atoms with Crippen LogP contribution in [0.4, 0.5) is 23.2 Å². The molecule has 0 aromatic heterocycles. The average Bonchev–Trinajstić information content (AvgIpc) is 3.05. The number of benzene rings is 1. The lowest BCUT2D eigenvalue weighted by Gasteiger charge is -2.38. The van der Waals surface area contributed by atoms with Crippen molar-refractivity contribution in [1.82, 2.24) is 15.1 Å². The van der Waals surface area contributed by atoms with Crippen molar-refractivity contribution in [3.05, 3.63) is 30.1 Å². The summed E-state index contributed by atoms with van der Waals surface area (Å²) in [5, 5.41) is 3.29. The van der Waals surface area contributed by atoms with E-state index in [1.807, 2.05) is 11.0 Å². The summed E-state index contributed by atoms with van der Waals surface area (Å²) in [7, 11) is 1.67. The molecule has 0 saturated carbocycles. The Morgan fingerprint density at radius 2 is 1.82 bits per heavy atom. The van der Waals surface area contributed by atoms with Crippen molar-refractivity contribution in [3.63, 3.8) is 0 Å². The van der Waals surface area contributed by atoms with Crippen LogP contribution in [0.1, 0.15) is 6.42 Å². The van der Waals surface area contributed by atoms with Gasteiger partial charge in [-0.1, -0.05) is 12.1 Å². The van der Waals surface area contributed by atoms with Crippen LogP contribution >= 0.6 is 24.0 Å². The number of hydrogen-bond donors (Lipinski definition) is 1. The van der Waals surface area contributed by atoms with Gasteiger partial charge >= 0.3 is 6.18 Å². The molecule has 10 heteroatoms. The summed E-state index contributed by atoms with van der Waals surface area (Å²) in [6.45, 7) is 2.58. The van der Waals surface area contributed by atoms with E-state index < -0.39 is 12.7 Å². The highest BCUT2D eigenvalue weighted by atomic mass is 127. The first-order valence-corrected chi connectivity index (χ1v) is 9.12. The Morgan fingerprint density at radius 1 is 1.14 bits per heavy atom. The summed E-state index contributed by atoms with van der Waals surface area (Å²) in [6.07, 6.45) is -3.51. The zero-order valence-corrected chi connectivity index (χ0v) is 18.1. The number of likely N-dealkylation sites (tertiary alicyclic amines) is 1. The molecule has 0 aliphatic carbocycles. The Labute approximate surface area is 179 Å². The summed E-state index contributed by atoms with van der Waals surface area (Å²) in [5.74, 6) is 0.464. The van der Waals surface area contributed by atoms with Crippen LogP contribution in [0.5, 0.6) is 0 Å². The number of guanidine groups is 1. The lowest BCUT2D eigenvalue weighted by molar-refractivity contribution is -0.143. The first kappa shape index (κ1) is 23.0.